The van der Waals surface area contributed by atoms with Crippen molar-refractivity contribution in [1.29, 1.82) is 0 Å². The van der Waals surface area contributed by atoms with Crippen molar-refractivity contribution in [3.8, 4) is 0 Å². The lowest BCUT2D eigenvalue weighted by Gasteiger charge is -2.15. The molecule has 0 radical (unpaired) electrons. The summed E-state index contributed by atoms with van der Waals surface area (Å²) in [4.78, 5) is 12.8. The van der Waals surface area contributed by atoms with Gasteiger partial charge >= 0.3 is 0 Å². The first-order chi connectivity index (χ1) is 6.63. The van der Waals surface area contributed by atoms with Crippen molar-refractivity contribution >= 4 is 30.1 Å². The minimum Gasteiger partial charge on any atom is -0.341 e. The van der Waals surface area contributed by atoms with Crippen LogP contribution in [0.4, 0.5) is 0 Å². The molecule has 0 bridgehead atoms. The average molecular weight is 230 g/mol. The molecule has 0 atom stereocenters. The lowest BCUT2D eigenvalue weighted by molar-refractivity contribution is -0.127. The lowest BCUT2D eigenvalue weighted by atomic mass is 10.2. The standard InChI is InChI=1S/C10H12ClNOS/c1-12(10(13)7-14)6-8-3-2-4-9(11)5-8/h2-5,14H,6-7H2,1H3. The minimum absolute atomic E-state index is 0.00769. The number of carbonyl (C=O) groups is 1. The Morgan fingerprint density at radius 1 is 1.57 bits per heavy atom. The van der Waals surface area contributed by atoms with E-state index in [4.69, 9.17) is 11.6 Å². The number of halogens is 1. The Balaban J connectivity index is 2.64. The fraction of sp³-hybridized carbons (Fsp3) is 0.300. The zero-order valence-electron chi connectivity index (χ0n) is 7.90. The third-order valence-corrected chi connectivity index (χ3v) is 2.38. The van der Waals surface area contributed by atoms with Gasteiger partial charge in [-0.15, -0.1) is 0 Å². The maximum absolute atomic E-state index is 11.2. The van der Waals surface area contributed by atoms with Crippen molar-refractivity contribution in [3.05, 3.63) is 34.9 Å². The summed E-state index contributed by atoms with van der Waals surface area (Å²) in [5.41, 5.74) is 1.02. The van der Waals surface area contributed by atoms with Crippen LogP contribution < -0.4 is 0 Å². The largest absolute Gasteiger partial charge is 0.341 e. The van der Waals surface area contributed by atoms with Gasteiger partial charge in [0.1, 0.15) is 0 Å². The van der Waals surface area contributed by atoms with Crippen molar-refractivity contribution in [1.82, 2.24) is 4.90 Å². The summed E-state index contributed by atoms with van der Waals surface area (Å²) in [6, 6.07) is 7.47. The molecule has 1 aromatic carbocycles. The molecule has 2 nitrogen and oxygen atoms in total. The first kappa shape index (κ1) is 11.4. The van der Waals surface area contributed by atoms with Crippen LogP contribution in [0.1, 0.15) is 5.56 Å². The van der Waals surface area contributed by atoms with Crippen LogP contribution in [0.5, 0.6) is 0 Å². The topological polar surface area (TPSA) is 20.3 Å². The zero-order chi connectivity index (χ0) is 10.6. The number of benzene rings is 1. The first-order valence-corrected chi connectivity index (χ1v) is 5.24. The molecule has 0 aliphatic carbocycles. The highest BCUT2D eigenvalue weighted by Crippen LogP contribution is 2.12. The predicted molar refractivity (Wildman–Crippen MR) is 61.8 cm³/mol. The number of thiol groups is 1. The molecule has 14 heavy (non-hydrogen) atoms. The normalized spacial score (nSPS) is 9.93. The molecule has 0 aromatic heterocycles. The smallest absolute Gasteiger partial charge is 0.232 e. The molecule has 0 fully saturated rings. The summed E-state index contributed by atoms with van der Waals surface area (Å²) in [7, 11) is 1.75. The van der Waals surface area contributed by atoms with Crippen LogP contribution in [0.2, 0.25) is 5.02 Å². The molecule has 0 aliphatic rings. The fourth-order valence-corrected chi connectivity index (χ4v) is 1.57. The average Bonchev–Trinajstić information content (AvgIpc) is 2.16. The van der Waals surface area contributed by atoms with Gasteiger partial charge in [0.15, 0.2) is 0 Å². The van der Waals surface area contributed by atoms with Gasteiger partial charge in [-0.2, -0.15) is 12.6 Å². The van der Waals surface area contributed by atoms with E-state index in [1.807, 2.05) is 24.3 Å². The van der Waals surface area contributed by atoms with Crippen molar-refractivity contribution in [2.75, 3.05) is 12.8 Å². The van der Waals surface area contributed by atoms with E-state index >= 15 is 0 Å². The fourth-order valence-electron chi connectivity index (χ4n) is 1.12. The lowest BCUT2D eigenvalue weighted by Crippen LogP contribution is -2.27. The van der Waals surface area contributed by atoms with Crippen LogP contribution in [0, 0.1) is 0 Å². The highest BCUT2D eigenvalue weighted by Gasteiger charge is 2.06. The van der Waals surface area contributed by atoms with Crippen molar-refractivity contribution in [3.63, 3.8) is 0 Å². The Bertz CT molecular complexity index is 330. The van der Waals surface area contributed by atoms with Crippen LogP contribution in [0.15, 0.2) is 24.3 Å². The molecule has 0 unspecified atom stereocenters. The minimum atomic E-state index is 0.00769. The van der Waals surface area contributed by atoms with Gasteiger partial charge in [0.2, 0.25) is 5.91 Å². The third-order valence-electron chi connectivity index (χ3n) is 1.87. The van der Waals surface area contributed by atoms with Crippen LogP contribution in [-0.4, -0.2) is 23.6 Å². The maximum Gasteiger partial charge on any atom is 0.232 e. The zero-order valence-corrected chi connectivity index (χ0v) is 9.55. The number of rotatable bonds is 3. The van der Waals surface area contributed by atoms with Crippen LogP contribution in [-0.2, 0) is 11.3 Å². The number of hydrogen-bond donors (Lipinski definition) is 1. The molecular formula is C10H12ClNOS. The molecule has 1 amide bonds. The van der Waals surface area contributed by atoms with E-state index < -0.39 is 0 Å². The summed E-state index contributed by atoms with van der Waals surface area (Å²) in [5.74, 6) is 0.241. The highest BCUT2D eigenvalue weighted by atomic mass is 35.5. The van der Waals surface area contributed by atoms with E-state index in [2.05, 4.69) is 12.6 Å². The highest BCUT2D eigenvalue weighted by molar-refractivity contribution is 7.81. The molecule has 0 saturated carbocycles. The van der Waals surface area contributed by atoms with Gasteiger partial charge in [-0.3, -0.25) is 4.79 Å². The summed E-state index contributed by atoms with van der Waals surface area (Å²) in [6.07, 6.45) is 0. The Morgan fingerprint density at radius 2 is 2.29 bits per heavy atom. The van der Waals surface area contributed by atoms with E-state index in [1.54, 1.807) is 11.9 Å². The van der Waals surface area contributed by atoms with E-state index in [0.29, 0.717) is 11.6 Å². The number of amides is 1. The van der Waals surface area contributed by atoms with E-state index in [-0.39, 0.29) is 11.7 Å². The number of hydrogen-bond acceptors (Lipinski definition) is 2. The second kappa shape index (κ2) is 5.27. The van der Waals surface area contributed by atoms with E-state index in [9.17, 15) is 4.79 Å². The molecule has 1 aromatic rings. The SMILES string of the molecule is CN(Cc1cccc(Cl)c1)C(=O)CS. The third kappa shape index (κ3) is 3.24. The van der Waals surface area contributed by atoms with Crippen molar-refractivity contribution in [2.45, 2.75) is 6.54 Å². The second-order valence-corrected chi connectivity index (χ2v) is 3.79. The van der Waals surface area contributed by atoms with Crippen LogP contribution in [0.3, 0.4) is 0 Å². The molecule has 76 valence electrons. The molecule has 0 heterocycles. The van der Waals surface area contributed by atoms with E-state index in [0.717, 1.165) is 5.56 Å². The van der Waals surface area contributed by atoms with Crippen LogP contribution in [0.25, 0.3) is 0 Å². The molecule has 4 heteroatoms. The molecule has 1 rings (SSSR count). The quantitative estimate of drug-likeness (QED) is 0.789. The van der Waals surface area contributed by atoms with Gasteiger partial charge < -0.3 is 4.90 Å². The predicted octanol–water partition coefficient (Wildman–Crippen LogP) is 2.23. The Morgan fingerprint density at radius 3 is 2.86 bits per heavy atom. The summed E-state index contributed by atoms with van der Waals surface area (Å²) in [5, 5.41) is 0.689. The Kier molecular flexibility index (Phi) is 4.29. The summed E-state index contributed by atoms with van der Waals surface area (Å²) >= 11 is 9.75. The van der Waals surface area contributed by atoms with Gasteiger partial charge in [-0.1, -0.05) is 23.7 Å². The number of carbonyl (C=O) groups excluding carboxylic acids is 1. The van der Waals surface area contributed by atoms with Crippen molar-refractivity contribution in [2.24, 2.45) is 0 Å². The van der Waals surface area contributed by atoms with Gasteiger partial charge in [0, 0.05) is 18.6 Å². The molecule has 0 N–H and O–H groups in total. The summed E-state index contributed by atoms with van der Waals surface area (Å²) in [6.45, 7) is 0.569. The molecular weight excluding hydrogens is 218 g/mol. The molecule has 0 saturated heterocycles. The summed E-state index contributed by atoms with van der Waals surface area (Å²) < 4.78 is 0. The molecule has 0 aliphatic heterocycles. The maximum atomic E-state index is 11.2. The van der Waals surface area contributed by atoms with Crippen molar-refractivity contribution < 1.29 is 4.79 Å². The number of nitrogens with zero attached hydrogens (tertiary/aromatic N) is 1. The Hall–Kier alpha value is -0.670. The van der Waals surface area contributed by atoms with Gasteiger partial charge in [-0.25, -0.2) is 0 Å². The Labute approximate surface area is 94.3 Å². The van der Waals surface area contributed by atoms with Crippen LogP contribution >= 0.6 is 24.2 Å². The van der Waals surface area contributed by atoms with Gasteiger partial charge in [0.05, 0.1) is 5.75 Å². The molecule has 0 spiro atoms. The van der Waals surface area contributed by atoms with Gasteiger partial charge in [0.25, 0.3) is 0 Å². The second-order valence-electron chi connectivity index (χ2n) is 3.04. The van der Waals surface area contributed by atoms with Gasteiger partial charge in [-0.05, 0) is 17.7 Å². The monoisotopic (exact) mass is 229 g/mol. The first-order valence-electron chi connectivity index (χ1n) is 4.22. The van der Waals surface area contributed by atoms with E-state index in [1.165, 1.54) is 0 Å².